The first-order valence-corrected chi connectivity index (χ1v) is 13.3. The number of hydrogen-bond acceptors (Lipinski definition) is 4. The van der Waals surface area contributed by atoms with Gasteiger partial charge in [0.1, 0.15) is 22.7 Å². The predicted molar refractivity (Wildman–Crippen MR) is 161 cm³/mol. The fourth-order valence-electron chi connectivity index (χ4n) is 6.06. The van der Waals surface area contributed by atoms with Gasteiger partial charge in [-0.15, -0.1) is 0 Å². The van der Waals surface area contributed by atoms with Crippen LogP contribution in [0, 0.1) is 0 Å². The Morgan fingerprint density at radius 2 is 1.12 bits per heavy atom. The summed E-state index contributed by atoms with van der Waals surface area (Å²) >= 11 is 0. The van der Waals surface area contributed by atoms with Crippen LogP contribution in [-0.4, -0.2) is 9.97 Å². The molecule has 0 fully saturated rings. The Bertz CT molecular complexity index is 2300. The van der Waals surface area contributed by atoms with Crippen molar-refractivity contribution in [1.29, 1.82) is 0 Å². The van der Waals surface area contributed by atoms with E-state index in [1.807, 2.05) is 60.7 Å². The third-order valence-electron chi connectivity index (χ3n) is 7.83. The highest BCUT2D eigenvalue weighted by molar-refractivity contribution is 6.26. The summed E-state index contributed by atoms with van der Waals surface area (Å²) in [4.78, 5) is 10.4. The maximum atomic E-state index is 6.42. The average Bonchev–Trinajstić information content (AvgIpc) is 3.40. The molecule has 1 aliphatic heterocycles. The van der Waals surface area contributed by atoms with Crippen LogP contribution in [0.1, 0.15) is 0 Å². The molecule has 0 radical (unpaired) electrons. The van der Waals surface area contributed by atoms with E-state index < -0.39 is 0 Å². The van der Waals surface area contributed by atoms with Gasteiger partial charge >= 0.3 is 0 Å². The first kappa shape index (κ1) is 21.5. The Hall–Kier alpha value is -5.48. The normalized spacial score (nSPS) is 12.2. The van der Waals surface area contributed by atoms with Gasteiger partial charge in [0.2, 0.25) is 0 Å². The van der Waals surface area contributed by atoms with Gasteiger partial charge in [0.25, 0.3) is 0 Å². The first-order valence-electron chi connectivity index (χ1n) is 13.3. The van der Waals surface area contributed by atoms with E-state index in [4.69, 9.17) is 19.1 Å². The van der Waals surface area contributed by atoms with Crippen molar-refractivity contribution in [1.82, 2.24) is 9.97 Å². The van der Waals surface area contributed by atoms with Crippen LogP contribution < -0.4 is 4.74 Å². The van der Waals surface area contributed by atoms with Gasteiger partial charge in [-0.25, -0.2) is 9.97 Å². The van der Waals surface area contributed by atoms with Gasteiger partial charge in [0.15, 0.2) is 0 Å². The molecule has 3 heterocycles. The molecule has 186 valence electrons. The molecule has 0 N–H and O–H groups in total. The molecule has 4 nitrogen and oxygen atoms in total. The van der Waals surface area contributed by atoms with Crippen LogP contribution in [0.2, 0.25) is 0 Å². The van der Waals surface area contributed by atoms with E-state index in [0.717, 1.165) is 88.9 Å². The number of fused-ring (bicyclic) bond motifs is 1. The summed E-state index contributed by atoms with van der Waals surface area (Å²) in [5, 5.41) is 4.22. The van der Waals surface area contributed by atoms with E-state index in [1.165, 1.54) is 0 Å². The SMILES string of the molecule is c1ccc(-c2cccc(-c3nc4ccccc4nc3-c3cc4oc5cccc6c5c4c4c(cccc34)O6)c2)cc1. The minimum atomic E-state index is 0.814. The number of nitrogens with zero attached hydrogens (tertiary/aromatic N) is 2. The Kier molecular flexibility index (Phi) is 4.30. The average molecular weight is 513 g/mol. The van der Waals surface area contributed by atoms with E-state index in [-0.39, 0.29) is 0 Å². The lowest BCUT2D eigenvalue weighted by molar-refractivity contribution is 0.492. The molecule has 0 atom stereocenters. The summed E-state index contributed by atoms with van der Waals surface area (Å²) < 4.78 is 12.8. The number of rotatable bonds is 3. The molecule has 40 heavy (non-hydrogen) atoms. The van der Waals surface area contributed by atoms with Gasteiger partial charge in [-0.2, -0.15) is 0 Å². The van der Waals surface area contributed by atoms with Gasteiger partial charge in [0, 0.05) is 21.9 Å². The zero-order chi connectivity index (χ0) is 26.2. The standard InChI is InChI=1S/C36H20N2O2/c1-2-9-21(10-3-1)22-11-6-12-23(19-22)35-36(38-27-15-5-4-14-26(27)37-35)25-20-31-34-32-24(25)13-7-16-28(32)39-29-17-8-18-30(40-31)33(29)34/h1-20H. The van der Waals surface area contributed by atoms with Crippen molar-refractivity contribution in [2.75, 3.05) is 0 Å². The summed E-state index contributed by atoms with van der Waals surface area (Å²) in [5.74, 6) is 1.65. The fraction of sp³-hybridized carbons (Fsp3) is 0. The maximum Gasteiger partial charge on any atom is 0.139 e. The molecule has 0 saturated carbocycles. The molecule has 0 spiro atoms. The number of furan rings is 1. The first-order chi connectivity index (χ1) is 19.8. The maximum absolute atomic E-state index is 6.42. The topological polar surface area (TPSA) is 48.2 Å². The molecule has 9 rings (SSSR count). The number of aromatic nitrogens is 2. The highest BCUT2D eigenvalue weighted by Gasteiger charge is 2.26. The van der Waals surface area contributed by atoms with Gasteiger partial charge in [-0.1, -0.05) is 78.9 Å². The van der Waals surface area contributed by atoms with Crippen LogP contribution in [0.5, 0.6) is 11.5 Å². The summed E-state index contributed by atoms with van der Waals surface area (Å²) in [6, 6.07) is 41.3. The van der Waals surface area contributed by atoms with E-state index >= 15 is 0 Å². The highest BCUT2D eigenvalue weighted by atomic mass is 16.5. The second kappa shape index (κ2) is 8.01. The van der Waals surface area contributed by atoms with E-state index in [0.29, 0.717) is 0 Å². The Labute approximate surface area is 229 Å². The van der Waals surface area contributed by atoms with Gasteiger partial charge in [0.05, 0.1) is 27.8 Å². The molecule has 0 aliphatic carbocycles. The minimum Gasteiger partial charge on any atom is -0.456 e. The summed E-state index contributed by atoms with van der Waals surface area (Å²) in [6.07, 6.45) is 0. The molecule has 0 bridgehead atoms. The van der Waals surface area contributed by atoms with Crippen molar-refractivity contribution in [3.8, 4) is 45.1 Å². The van der Waals surface area contributed by atoms with E-state index in [1.54, 1.807) is 0 Å². The van der Waals surface area contributed by atoms with Gasteiger partial charge in [-0.3, -0.25) is 0 Å². The predicted octanol–water partition coefficient (Wildman–Crippen LogP) is 9.79. The number of para-hydroxylation sites is 2. The van der Waals surface area contributed by atoms with Crippen molar-refractivity contribution in [3.63, 3.8) is 0 Å². The molecule has 0 unspecified atom stereocenters. The number of hydrogen-bond donors (Lipinski definition) is 0. The molecule has 8 aromatic rings. The molecule has 4 heteroatoms. The molecular weight excluding hydrogens is 492 g/mol. The van der Waals surface area contributed by atoms with Crippen molar-refractivity contribution in [2.45, 2.75) is 0 Å². The van der Waals surface area contributed by atoms with Crippen molar-refractivity contribution >= 4 is 43.7 Å². The molecule has 2 aromatic heterocycles. The zero-order valence-electron chi connectivity index (χ0n) is 21.3. The highest BCUT2D eigenvalue weighted by Crippen LogP contribution is 2.51. The van der Waals surface area contributed by atoms with E-state index in [9.17, 15) is 0 Å². The Morgan fingerprint density at radius 1 is 0.450 bits per heavy atom. The third-order valence-corrected chi connectivity index (χ3v) is 7.83. The lowest BCUT2D eigenvalue weighted by Gasteiger charge is -2.18. The third kappa shape index (κ3) is 3.01. The minimum absolute atomic E-state index is 0.814. The lowest BCUT2D eigenvalue weighted by Crippen LogP contribution is -1.98. The second-order valence-corrected chi connectivity index (χ2v) is 10.2. The fourth-order valence-corrected chi connectivity index (χ4v) is 6.06. The second-order valence-electron chi connectivity index (χ2n) is 10.2. The summed E-state index contributed by atoms with van der Waals surface area (Å²) in [6.45, 7) is 0. The van der Waals surface area contributed by atoms with Gasteiger partial charge in [-0.05, 0) is 59.0 Å². The monoisotopic (exact) mass is 512 g/mol. The molecule has 0 saturated heterocycles. The summed E-state index contributed by atoms with van der Waals surface area (Å²) in [7, 11) is 0. The quantitative estimate of drug-likeness (QED) is 0.236. The van der Waals surface area contributed by atoms with Crippen LogP contribution in [0.4, 0.5) is 0 Å². The molecular formula is C36H20N2O2. The van der Waals surface area contributed by atoms with Crippen LogP contribution in [0.3, 0.4) is 0 Å². The largest absolute Gasteiger partial charge is 0.456 e. The summed E-state index contributed by atoms with van der Waals surface area (Å²) in [5.41, 5.74) is 9.26. The van der Waals surface area contributed by atoms with Gasteiger partial charge < -0.3 is 9.15 Å². The lowest BCUT2D eigenvalue weighted by atomic mass is 9.93. The van der Waals surface area contributed by atoms with Crippen molar-refractivity contribution in [2.24, 2.45) is 0 Å². The number of ether oxygens (including phenoxy) is 1. The Morgan fingerprint density at radius 3 is 1.98 bits per heavy atom. The van der Waals surface area contributed by atoms with Crippen LogP contribution in [-0.2, 0) is 0 Å². The number of benzene rings is 6. The molecule has 6 aromatic carbocycles. The van der Waals surface area contributed by atoms with Crippen molar-refractivity contribution < 1.29 is 9.15 Å². The van der Waals surface area contributed by atoms with Crippen LogP contribution >= 0.6 is 0 Å². The van der Waals surface area contributed by atoms with Crippen LogP contribution in [0.25, 0.3) is 77.4 Å². The molecule has 1 aliphatic rings. The van der Waals surface area contributed by atoms with Crippen molar-refractivity contribution in [3.05, 3.63) is 121 Å². The smallest absolute Gasteiger partial charge is 0.139 e. The van der Waals surface area contributed by atoms with E-state index in [2.05, 4.69) is 60.7 Å². The molecule has 0 amide bonds. The van der Waals surface area contributed by atoms with Crippen LogP contribution in [0.15, 0.2) is 126 Å². The zero-order valence-corrected chi connectivity index (χ0v) is 21.3. The Balaban J connectivity index is 1.39.